The molecule has 5 heteroatoms. The number of carbonyl (C=O) groups is 1. The Bertz CT molecular complexity index is 465. The first kappa shape index (κ1) is 11.6. The molecular formula is C13H16FN3O. The van der Waals surface area contributed by atoms with Crippen LogP contribution in [0.2, 0.25) is 0 Å². The summed E-state index contributed by atoms with van der Waals surface area (Å²) >= 11 is 0. The van der Waals surface area contributed by atoms with Crippen LogP contribution in [0.15, 0.2) is 24.3 Å². The van der Waals surface area contributed by atoms with Crippen molar-refractivity contribution >= 4 is 11.6 Å². The van der Waals surface area contributed by atoms with E-state index in [4.69, 9.17) is 0 Å². The van der Waals surface area contributed by atoms with Crippen LogP contribution >= 0.6 is 0 Å². The van der Waals surface area contributed by atoms with Crippen molar-refractivity contribution in [3.05, 3.63) is 30.1 Å². The zero-order chi connectivity index (χ0) is 12.5. The fraction of sp³-hybridized carbons (Fsp3) is 0.462. The first-order valence-corrected chi connectivity index (χ1v) is 6.25. The van der Waals surface area contributed by atoms with E-state index in [-0.39, 0.29) is 11.7 Å². The van der Waals surface area contributed by atoms with Gasteiger partial charge in [0.1, 0.15) is 5.82 Å². The molecule has 1 unspecified atom stereocenters. The van der Waals surface area contributed by atoms with Crippen LogP contribution in [-0.4, -0.2) is 49.6 Å². The number of halogens is 1. The molecule has 2 heterocycles. The average molecular weight is 249 g/mol. The molecule has 1 aromatic carbocycles. The molecule has 0 aromatic heterocycles. The van der Waals surface area contributed by atoms with Gasteiger partial charge in [-0.3, -0.25) is 9.69 Å². The lowest BCUT2D eigenvalue weighted by atomic mass is 10.1. The van der Waals surface area contributed by atoms with Crippen LogP contribution in [-0.2, 0) is 4.79 Å². The molecule has 2 aliphatic heterocycles. The second kappa shape index (κ2) is 4.66. The van der Waals surface area contributed by atoms with Crippen molar-refractivity contribution in [2.75, 3.05) is 37.6 Å². The molecule has 4 nitrogen and oxygen atoms in total. The summed E-state index contributed by atoms with van der Waals surface area (Å²) in [6, 6.07) is 6.58. The molecular weight excluding hydrogens is 233 g/mol. The molecule has 0 radical (unpaired) electrons. The summed E-state index contributed by atoms with van der Waals surface area (Å²) < 4.78 is 13.2. The quantitative estimate of drug-likeness (QED) is 0.785. The monoisotopic (exact) mass is 249 g/mol. The number of nitrogens with one attached hydrogen (secondary N) is 1. The summed E-state index contributed by atoms with van der Waals surface area (Å²) in [6.45, 7) is 3.80. The van der Waals surface area contributed by atoms with Crippen molar-refractivity contribution in [2.24, 2.45) is 0 Å². The van der Waals surface area contributed by atoms with E-state index in [1.165, 1.54) is 12.1 Å². The smallest absolute Gasteiger partial charge is 0.241 e. The molecule has 2 fully saturated rings. The van der Waals surface area contributed by atoms with E-state index in [0.29, 0.717) is 24.8 Å². The molecule has 1 N–H and O–H groups in total. The third kappa shape index (κ3) is 2.11. The summed E-state index contributed by atoms with van der Waals surface area (Å²) in [6.07, 6.45) is 0. The second-order valence-corrected chi connectivity index (χ2v) is 4.81. The predicted molar refractivity (Wildman–Crippen MR) is 67.0 cm³/mol. The van der Waals surface area contributed by atoms with E-state index in [0.717, 1.165) is 19.6 Å². The van der Waals surface area contributed by atoms with Crippen LogP contribution in [0.4, 0.5) is 10.1 Å². The van der Waals surface area contributed by atoms with Gasteiger partial charge >= 0.3 is 0 Å². The fourth-order valence-corrected chi connectivity index (χ4v) is 2.66. The Morgan fingerprint density at radius 2 is 2.28 bits per heavy atom. The summed E-state index contributed by atoms with van der Waals surface area (Å²) in [4.78, 5) is 16.0. The predicted octanol–water partition coefficient (Wildman–Crippen LogP) is 0.446. The average Bonchev–Trinajstić information content (AvgIpc) is 2.38. The molecule has 2 aliphatic rings. The minimum Gasteiger partial charge on any atom is -0.314 e. The van der Waals surface area contributed by atoms with Gasteiger partial charge in [0.05, 0.1) is 6.54 Å². The van der Waals surface area contributed by atoms with Crippen LogP contribution in [0.1, 0.15) is 0 Å². The highest BCUT2D eigenvalue weighted by Crippen LogP contribution is 2.21. The Morgan fingerprint density at radius 3 is 3.11 bits per heavy atom. The molecule has 1 amide bonds. The van der Waals surface area contributed by atoms with E-state index in [9.17, 15) is 9.18 Å². The molecule has 0 aliphatic carbocycles. The van der Waals surface area contributed by atoms with Crippen molar-refractivity contribution < 1.29 is 9.18 Å². The van der Waals surface area contributed by atoms with Gasteiger partial charge < -0.3 is 10.2 Å². The van der Waals surface area contributed by atoms with Crippen molar-refractivity contribution in [1.82, 2.24) is 10.2 Å². The van der Waals surface area contributed by atoms with E-state index < -0.39 is 0 Å². The summed E-state index contributed by atoms with van der Waals surface area (Å²) in [5.41, 5.74) is 0.658. The largest absolute Gasteiger partial charge is 0.314 e. The van der Waals surface area contributed by atoms with Gasteiger partial charge in [-0.05, 0) is 18.2 Å². The highest BCUT2D eigenvalue weighted by atomic mass is 19.1. The molecule has 0 bridgehead atoms. The number of benzene rings is 1. The van der Waals surface area contributed by atoms with Gasteiger partial charge in [-0.1, -0.05) is 6.07 Å². The second-order valence-electron chi connectivity index (χ2n) is 4.81. The van der Waals surface area contributed by atoms with Crippen molar-refractivity contribution in [3.63, 3.8) is 0 Å². The minimum atomic E-state index is -0.301. The minimum absolute atomic E-state index is 0.0544. The number of carbonyl (C=O) groups excluding carboxylic acids is 1. The molecule has 3 rings (SSSR count). The summed E-state index contributed by atoms with van der Waals surface area (Å²) in [5.74, 6) is -0.247. The number of hydrogen-bond acceptors (Lipinski definition) is 3. The number of anilines is 1. The van der Waals surface area contributed by atoms with E-state index in [1.54, 1.807) is 17.0 Å². The van der Waals surface area contributed by atoms with Crippen LogP contribution in [0.5, 0.6) is 0 Å². The Labute approximate surface area is 105 Å². The standard InChI is InChI=1S/C13H16FN3O/c14-10-2-1-3-11(6-10)17-8-12-7-15-4-5-16(12)9-13(17)18/h1-3,6,12,15H,4-5,7-9H2. The number of rotatable bonds is 1. The molecule has 0 saturated carbocycles. The number of nitrogens with zero attached hydrogens (tertiary/aromatic N) is 2. The van der Waals surface area contributed by atoms with Gasteiger partial charge in [0.25, 0.3) is 0 Å². The highest BCUT2D eigenvalue weighted by Gasteiger charge is 2.34. The van der Waals surface area contributed by atoms with Crippen LogP contribution < -0.4 is 10.2 Å². The summed E-state index contributed by atoms with van der Waals surface area (Å²) in [7, 11) is 0. The van der Waals surface area contributed by atoms with E-state index >= 15 is 0 Å². The van der Waals surface area contributed by atoms with Crippen LogP contribution in [0, 0.1) is 5.82 Å². The van der Waals surface area contributed by atoms with Crippen molar-refractivity contribution in [1.29, 1.82) is 0 Å². The number of amides is 1. The Hall–Kier alpha value is -1.46. The molecule has 1 atom stereocenters. The SMILES string of the molecule is O=C1CN2CCNCC2CN1c1cccc(F)c1. The van der Waals surface area contributed by atoms with Crippen LogP contribution in [0.25, 0.3) is 0 Å². The van der Waals surface area contributed by atoms with Gasteiger partial charge in [0, 0.05) is 37.9 Å². The van der Waals surface area contributed by atoms with Gasteiger partial charge in [-0.2, -0.15) is 0 Å². The Balaban J connectivity index is 1.82. The number of piperazine rings is 2. The van der Waals surface area contributed by atoms with Gasteiger partial charge in [-0.15, -0.1) is 0 Å². The van der Waals surface area contributed by atoms with Crippen molar-refractivity contribution in [2.45, 2.75) is 6.04 Å². The van der Waals surface area contributed by atoms with Crippen molar-refractivity contribution in [3.8, 4) is 0 Å². The lowest BCUT2D eigenvalue weighted by molar-refractivity contribution is -0.122. The maximum Gasteiger partial charge on any atom is 0.241 e. The lowest BCUT2D eigenvalue weighted by Crippen LogP contribution is -2.63. The first-order valence-electron chi connectivity index (χ1n) is 6.25. The van der Waals surface area contributed by atoms with Gasteiger partial charge in [0.2, 0.25) is 5.91 Å². The first-order chi connectivity index (χ1) is 8.74. The normalized spacial score (nSPS) is 25.1. The number of hydrogen-bond donors (Lipinski definition) is 1. The Kier molecular flexibility index (Phi) is 3.01. The highest BCUT2D eigenvalue weighted by molar-refractivity contribution is 5.95. The molecule has 1 aromatic rings. The molecule has 0 spiro atoms. The third-order valence-electron chi connectivity index (χ3n) is 3.62. The summed E-state index contributed by atoms with van der Waals surface area (Å²) in [5, 5.41) is 3.33. The van der Waals surface area contributed by atoms with Crippen LogP contribution in [0.3, 0.4) is 0 Å². The Morgan fingerprint density at radius 1 is 1.39 bits per heavy atom. The number of fused-ring (bicyclic) bond motifs is 1. The zero-order valence-electron chi connectivity index (χ0n) is 10.1. The van der Waals surface area contributed by atoms with E-state index in [1.807, 2.05) is 0 Å². The lowest BCUT2D eigenvalue weighted by Gasteiger charge is -2.43. The third-order valence-corrected chi connectivity index (χ3v) is 3.62. The van der Waals surface area contributed by atoms with Gasteiger partial charge in [-0.25, -0.2) is 4.39 Å². The fourth-order valence-electron chi connectivity index (χ4n) is 2.66. The molecule has 18 heavy (non-hydrogen) atoms. The van der Waals surface area contributed by atoms with Gasteiger partial charge in [0.15, 0.2) is 0 Å². The maximum atomic E-state index is 13.2. The zero-order valence-corrected chi connectivity index (χ0v) is 10.1. The topological polar surface area (TPSA) is 35.6 Å². The maximum absolute atomic E-state index is 13.2. The molecule has 2 saturated heterocycles. The van der Waals surface area contributed by atoms with E-state index in [2.05, 4.69) is 10.2 Å². The molecule has 96 valence electrons.